The SMILES string of the molecule is CC(C)(C)c1ccc(SCCC(=O)NN)cc1. The molecule has 0 saturated heterocycles. The first kappa shape index (κ1) is 14.1. The van der Waals surface area contributed by atoms with E-state index in [1.165, 1.54) is 10.5 Å². The zero-order valence-electron chi connectivity index (χ0n) is 10.6. The summed E-state index contributed by atoms with van der Waals surface area (Å²) in [7, 11) is 0. The maximum absolute atomic E-state index is 10.9. The van der Waals surface area contributed by atoms with Gasteiger partial charge in [-0.15, -0.1) is 11.8 Å². The molecular formula is C13H20N2OS. The predicted octanol–water partition coefficient (Wildman–Crippen LogP) is 2.46. The number of amides is 1. The van der Waals surface area contributed by atoms with E-state index in [9.17, 15) is 4.79 Å². The summed E-state index contributed by atoms with van der Waals surface area (Å²) in [6, 6.07) is 8.49. The molecule has 0 unspecified atom stereocenters. The highest BCUT2D eigenvalue weighted by Crippen LogP contribution is 2.25. The van der Waals surface area contributed by atoms with Crippen LogP contribution in [0.3, 0.4) is 0 Å². The molecule has 4 heteroatoms. The number of nitrogens with two attached hydrogens (primary N) is 1. The Morgan fingerprint density at radius 3 is 2.35 bits per heavy atom. The van der Waals surface area contributed by atoms with Gasteiger partial charge >= 0.3 is 0 Å². The third-order valence-corrected chi connectivity index (χ3v) is 3.49. The fourth-order valence-corrected chi connectivity index (χ4v) is 2.24. The molecule has 1 amide bonds. The molecule has 0 aromatic heterocycles. The van der Waals surface area contributed by atoms with Crippen molar-refractivity contribution in [3.8, 4) is 0 Å². The minimum atomic E-state index is -0.121. The van der Waals surface area contributed by atoms with Gasteiger partial charge < -0.3 is 0 Å². The summed E-state index contributed by atoms with van der Waals surface area (Å²) in [4.78, 5) is 12.1. The number of carbonyl (C=O) groups excluding carboxylic acids is 1. The second-order valence-corrected chi connectivity index (χ2v) is 6.11. The van der Waals surface area contributed by atoms with Gasteiger partial charge in [0.25, 0.3) is 0 Å². The van der Waals surface area contributed by atoms with Crippen LogP contribution in [0.2, 0.25) is 0 Å². The zero-order valence-corrected chi connectivity index (χ0v) is 11.4. The Morgan fingerprint density at radius 1 is 1.29 bits per heavy atom. The summed E-state index contributed by atoms with van der Waals surface area (Å²) >= 11 is 1.67. The summed E-state index contributed by atoms with van der Waals surface area (Å²) < 4.78 is 0. The number of carbonyl (C=O) groups is 1. The number of hydrogen-bond acceptors (Lipinski definition) is 3. The Labute approximate surface area is 107 Å². The first-order valence-corrected chi connectivity index (χ1v) is 6.65. The Kier molecular flexibility index (Phi) is 5.02. The number of hydrogen-bond donors (Lipinski definition) is 2. The predicted molar refractivity (Wildman–Crippen MR) is 72.8 cm³/mol. The van der Waals surface area contributed by atoms with Gasteiger partial charge in [0.15, 0.2) is 0 Å². The van der Waals surface area contributed by atoms with Crippen molar-refractivity contribution in [3.05, 3.63) is 29.8 Å². The number of thioether (sulfide) groups is 1. The first-order chi connectivity index (χ1) is 7.93. The maximum atomic E-state index is 10.9. The van der Waals surface area contributed by atoms with E-state index in [0.29, 0.717) is 6.42 Å². The van der Waals surface area contributed by atoms with Crippen molar-refractivity contribution in [2.24, 2.45) is 5.84 Å². The van der Waals surface area contributed by atoms with Gasteiger partial charge in [0, 0.05) is 17.1 Å². The molecule has 0 spiro atoms. The fraction of sp³-hybridized carbons (Fsp3) is 0.462. The normalized spacial score (nSPS) is 11.3. The second-order valence-electron chi connectivity index (χ2n) is 4.94. The van der Waals surface area contributed by atoms with E-state index in [2.05, 4.69) is 50.5 Å². The molecule has 3 N–H and O–H groups in total. The summed E-state index contributed by atoms with van der Waals surface area (Å²) in [5.41, 5.74) is 3.63. The van der Waals surface area contributed by atoms with Crippen molar-refractivity contribution in [2.45, 2.75) is 37.5 Å². The molecule has 0 aliphatic rings. The lowest BCUT2D eigenvalue weighted by Gasteiger charge is -2.19. The topological polar surface area (TPSA) is 55.1 Å². The van der Waals surface area contributed by atoms with E-state index in [4.69, 9.17) is 5.84 Å². The van der Waals surface area contributed by atoms with E-state index in [-0.39, 0.29) is 11.3 Å². The van der Waals surface area contributed by atoms with E-state index in [1.807, 2.05) is 0 Å². The minimum absolute atomic E-state index is 0.121. The van der Waals surface area contributed by atoms with Crippen molar-refractivity contribution < 1.29 is 4.79 Å². The molecule has 17 heavy (non-hydrogen) atoms. The highest BCUT2D eigenvalue weighted by Gasteiger charge is 2.12. The van der Waals surface area contributed by atoms with Gasteiger partial charge in [-0.3, -0.25) is 10.2 Å². The van der Waals surface area contributed by atoms with Crippen LogP contribution in [0, 0.1) is 0 Å². The monoisotopic (exact) mass is 252 g/mol. The van der Waals surface area contributed by atoms with Crippen LogP contribution in [0.5, 0.6) is 0 Å². The van der Waals surface area contributed by atoms with Crippen LogP contribution in [0.1, 0.15) is 32.8 Å². The highest BCUT2D eigenvalue weighted by atomic mass is 32.2. The van der Waals surface area contributed by atoms with Crippen molar-refractivity contribution in [1.82, 2.24) is 5.43 Å². The number of rotatable bonds is 4. The molecule has 0 radical (unpaired) electrons. The van der Waals surface area contributed by atoms with Gasteiger partial charge in [-0.05, 0) is 23.1 Å². The molecule has 0 heterocycles. The van der Waals surface area contributed by atoms with Crippen molar-refractivity contribution in [1.29, 1.82) is 0 Å². The molecule has 0 aliphatic carbocycles. The summed E-state index contributed by atoms with van der Waals surface area (Å²) in [5, 5.41) is 0. The Hall–Kier alpha value is -1.00. The number of benzene rings is 1. The third-order valence-electron chi connectivity index (χ3n) is 2.48. The highest BCUT2D eigenvalue weighted by molar-refractivity contribution is 7.99. The van der Waals surface area contributed by atoms with Crippen molar-refractivity contribution in [2.75, 3.05) is 5.75 Å². The van der Waals surface area contributed by atoms with Crippen molar-refractivity contribution >= 4 is 17.7 Å². The van der Waals surface area contributed by atoms with Gasteiger partial charge in [0.1, 0.15) is 0 Å². The molecule has 1 aromatic carbocycles. The fourth-order valence-electron chi connectivity index (χ4n) is 1.38. The van der Waals surface area contributed by atoms with Gasteiger partial charge in [0.05, 0.1) is 0 Å². The Bertz CT molecular complexity index is 368. The number of nitrogens with one attached hydrogen (secondary N) is 1. The third kappa shape index (κ3) is 4.79. The molecule has 3 nitrogen and oxygen atoms in total. The molecule has 0 saturated carbocycles. The largest absolute Gasteiger partial charge is 0.294 e. The van der Waals surface area contributed by atoms with Gasteiger partial charge in [-0.1, -0.05) is 32.9 Å². The van der Waals surface area contributed by atoms with E-state index in [1.54, 1.807) is 11.8 Å². The molecule has 0 fully saturated rings. The minimum Gasteiger partial charge on any atom is -0.294 e. The molecule has 0 atom stereocenters. The Balaban J connectivity index is 2.49. The molecule has 0 aliphatic heterocycles. The van der Waals surface area contributed by atoms with Crippen LogP contribution in [-0.4, -0.2) is 11.7 Å². The summed E-state index contributed by atoms with van der Waals surface area (Å²) in [6.07, 6.45) is 0.447. The van der Waals surface area contributed by atoms with E-state index < -0.39 is 0 Å². The average molecular weight is 252 g/mol. The second kappa shape index (κ2) is 6.07. The molecule has 94 valence electrons. The van der Waals surface area contributed by atoms with Crippen LogP contribution in [0.25, 0.3) is 0 Å². The van der Waals surface area contributed by atoms with Crippen LogP contribution >= 0.6 is 11.8 Å². The van der Waals surface area contributed by atoms with Gasteiger partial charge in [-0.2, -0.15) is 0 Å². The number of hydrazine groups is 1. The smallest absolute Gasteiger partial charge is 0.234 e. The van der Waals surface area contributed by atoms with Crippen LogP contribution in [0.15, 0.2) is 29.2 Å². The van der Waals surface area contributed by atoms with Crippen LogP contribution < -0.4 is 11.3 Å². The van der Waals surface area contributed by atoms with Crippen LogP contribution in [0.4, 0.5) is 0 Å². The maximum Gasteiger partial charge on any atom is 0.234 e. The van der Waals surface area contributed by atoms with E-state index >= 15 is 0 Å². The quantitative estimate of drug-likeness (QED) is 0.374. The van der Waals surface area contributed by atoms with Gasteiger partial charge in [0.2, 0.25) is 5.91 Å². The lowest BCUT2D eigenvalue weighted by molar-refractivity contribution is -0.120. The zero-order chi connectivity index (χ0) is 12.9. The standard InChI is InChI=1S/C13H20N2OS/c1-13(2,3)10-4-6-11(7-5-10)17-9-8-12(16)15-14/h4-7H,8-9,14H2,1-3H3,(H,15,16). The van der Waals surface area contributed by atoms with Crippen LogP contribution in [-0.2, 0) is 10.2 Å². The van der Waals surface area contributed by atoms with Gasteiger partial charge in [-0.25, -0.2) is 5.84 Å². The molecule has 0 bridgehead atoms. The molecular weight excluding hydrogens is 232 g/mol. The lowest BCUT2D eigenvalue weighted by Crippen LogP contribution is -2.30. The lowest BCUT2D eigenvalue weighted by atomic mass is 9.87. The van der Waals surface area contributed by atoms with Crippen molar-refractivity contribution in [3.63, 3.8) is 0 Å². The molecule has 1 aromatic rings. The summed E-state index contributed by atoms with van der Waals surface area (Å²) in [6.45, 7) is 6.59. The molecule has 1 rings (SSSR count). The first-order valence-electron chi connectivity index (χ1n) is 5.66. The Morgan fingerprint density at radius 2 is 1.88 bits per heavy atom. The van der Waals surface area contributed by atoms with E-state index in [0.717, 1.165) is 5.75 Å². The summed E-state index contributed by atoms with van der Waals surface area (Å²) in [5.74, 6) is 5.64. The average Bonchev–Trinajstić information content (AvgIpc) is 2.28.